The van der Waals surface area contributed by atoms with E-state index in [0.29, 0.717) is 5.41 Å². The standard InChI is InChI=1S/C16H24BrN/c1-3-9-18-12-16(10-13(4-2)11-16)14-7-5-6-8-15(14)17/h5-8,13,18H,3-4,9-12H2,1-2H3. The molecule has 2 rings (SSSR count). The summed E-state index contributed by atoms with van der Waals surface area (Å²) in [6, 6.07) is 8.75. The molecule has 1 N–H and O–H groups in total. The normalized spacial score (nSPS) is 26.9. The van der Waals surface area contributed by atoms with Gasteiger partial charge in [-0.15, -0.1) is 0 Å². The fraction of sp³-hybridized carbons (Fsp3) is 0.625. The molecule has 18 heavy (non-hydrogen) atoms. The smallest absolute Gasteiger partial charge is 0.0213 e. The second kappa shape index (κ2) is 6.21. The first-order chi connectivity index (χ1) is 8.72. The van der Waals surface area contributed by atoms with Gasteiger partial charge in [-0.2, -0.15) is 0 Å². The van der Waals surface area contributed by atoms with E-state index in [1.54, 1.807) is 0 Å². The van der Waals surface area contributed by atoms with Crippen molar-refractivity contribution < 1.29 is 0 Å². The Hall–Kier alpha value is -0.340. The maximum atomic E-state index is 3.73. The average Bonchev–Trinajstić information content (AvgIpc) is 2.33. The summed E-state index contributed by atoms with van der Waals surface area (Å²) in [6.07, 6.45) is 5.20. The molecule has 0 saturated heterocycles. The molecule has 0 atom stereocenters. The summed E-state index contributed by atoms with van der Waals surface area (Å²) >= 11 is 3.73. The van der Waals surface area contributed by atoms with Gasteiger partial charge >= 0.3 is 0 Å². The number of nitrogens with one attached hydrogen (secondary N) is 1. The van der Waals surface area contributed by atoms with E-state index < -0.39 is 0 Å². The second-order valence-corrected chi connectivity index (χ2v) is 6.47. The van der Waals surface area contributed by atoms with Crippen LogP contribution in [0.3, 0.4) is 0 Å². The molecule has 1 aliphatic rings. The van der Waals surface area contributed by atoms with Crippen molar-refractivity contribution in [2.75, 3.05) is 13.1 Å². The first-order valence-corrected chi connectivity index (χ1v) is 7.97. The highest BCUT2D eigenvalue weighted by Gasteiger charge is 2.44. The second-order valence-electron chi connectivity index (χ2n) is 5.62. The van der Waals surface area contributed by atoms with Gasteiger partial charge in [0.2, 0.25) is 0 Å². The van der Waals surface area contributed by atoms with E-state index in [0.717, 1.165) is 19.0 Å². The van der Waals surface area contributed by atoms with E-state index in [1.807, 2.05) is 0 Å². The molecule has 0 spiro atoms. The molecule has 0 unspecified atom stereocenters. The third kappa shape index (κ3) is 2.80. The molecule has 0 heterocycles. The molecule has 1 nitrogen and oxygen atoms in total. The van der Waals surface area contributed by atoms with Crippen LogP contribution in [0.15, 0.2) is 28.7 Å². The van der Waals surface area contributed by atoms with Crippen molar-refractivity contribution >= 4 is 15.9 Å². The summed E-state index contributed by atoms with van der Waals surface area (Å²) in [5.74, 6) is 0.917. The number of halogens is 1. The van der Waals surface area contributed by atoms with Gasteiger partial charge in [-0.05, 0) is 43.4 Å². The van der Waals surface area contributed by atoms with Gasteiger partial charge in [0.15, 0.2) is 0 Å². The summed E-state index contributed by atoms with van der Waals surface area (Å²) < 4.78 is 1.28. The van der Waals surface area contributed by atoms with Gasteiger partial charge in [0, 0.05) is 16.4 Å². The van der Waals surface area contributed by atoms with E-state index in [1.165, 1.54) is 35.7 Å². The van der Waals surface area contributed by atoms with E-state index in [-0.39, 0.29) is 0 Å². The van der Waals surface area contributed by atoms with Crippen LogP contribution in [0.4, 0.5) is 0 Å². The van der Waals surface area contributed by atoms with Crippen molar-refractivity contribution in [1.29, 1.82) is 0 Å². The first-order valence-electron chi connectivity index (χ1n) is 7.17. The van der Waals surface area contributed by atoms with Crippen molar-refractivity contribution in [2.24, 2.45) is 5.92 Å². The van der Waals surface area contributed by atoms with Crippen LogP contribution in [0.2, 0.25) is 0 Å². The highest BCUT2D eigenvalue weighted by molar-refractivity contribution is 9.10. The SMILES string of the molecule is CCCNCC1(c2ccccc2Br)CC(CC)C1. The Morgan fingerprint density at radius 2 is 2.00 bits per heavy atom. The molecular formula is C16H24BrN. The van der Waals surface area contributed by atoms with Crippen LogP contribution in [0.25, 0.3) is 0 Å². The van der Waals surface area contributed by atoms with Crippen molar-refractivity contribution in [2.45, 2.75) is 44.9 Å². The minimum atomic E-state index is 0.371. The lowest BCUT2D eigenvalue weighted by molar-refractivity contribution is 0.133. The van der Waals surface area contributed by atoms with Crippen LogP contribution in [0, 0.1) is 5.92 Å². The first kappa shape index (κ1) is 14.1. The number of hydrogen-bond acceptors (Lipinski definition) is 1. The lowest BCUT2D eigenvalue weighted by Gasteiger charge is -2.49. The Morgan fingerprint density at radius 3 is 2.61 bits per heavy atom. The van der Waals surface area contributed by atoms with E-state index in [9.17, 15) is 0 Å². The fourth-order valence-corrected chi connectivity index (χ4v) is 3.89. The topological polar surface area (TPSA) is 12.0 Å². The molecule has 1 aliphatic carbocycles. The Bertz CT molecular complexity index is 382. The number of rotatable bonds is 6. The summed E-state index contributed by atoms with van der Waals surface area (Å²) in [7, 11) is 0. The number of benzene rings is 1. The molecule has 1 aromatic rings. The maximum absolute atomic E-state index is 3.73. The van der Waals surface area contributed by atoms with Crippen LogP contribution >= 0.6 is 15.9 Å². The molecule has 1 aromatic carbocycles. The average molecular weight is 310 g/mol. The monoisotopic (exact) mass is 309 g/mol. The van der Waals surface area contributed by atoms with Crippen LogP contribution in [-0.2, 0) is 5.41 Å². The van der Waals surface area contributed by atoms with E-state index >= 15 is 0 Å². The summed E-state index contributed by atoms with van der Waals surface area (Å²) in [4.78, 5) is 0. The summed E-state index contributed by atoms with van der Waals surface area (Å²) in [5.41, 5.74) is 1.87. The van der Waals surface area contributed by atoms with Crippen LogP contribution in [0.1, 0.15) is 45.1 Å². The zero-order valence-corrected chi connectivity index (χ0v) is 13.1. The maximum Gasteiger partial charge on any atom is 0.0213 e. The zero-order chi connectivity index (χ0) is 13.0. The van der Waals surface area contributed by atoms with Gasteiger partial charge in [-0.25, -0.2) is 0 Å². The van der Waals surface area contributed by atoms with Crippen LogP contribution < -0.4 is 5.32 Å². The molecule has 0 amide bonds. The molecule has 0 aliphatic heterocycles. The fourth-order valence-electron chi connectivity index (χ4n) is 3.19. The van der Waals surface area contributed by atoms with Gasteiger partial charge in [0.05, 0.1) is 0 Å². The Kier molecular flexibility index (Phi) is 4.85. The van der Waals surface area contributed by atoms with Gasteiger partial charge in [-0.1, -0.05) is 54.4 Å². The Morgan fingerprint density at radius 1 is 1.28 bits per heavy atom. The minimum Gasteiger partial charge on any atom is -0.316 e. The number of hydrogen-bond donors (Lipinski definition) is 1. The van der Waals surface area contributed by atoms with Crippen molar-refractivity contribution in [3.63, 3.8) is 0 Å². The molecule has 1 fully saturated rings. The Balaban J connectivity index is 2.13. The lowest BCUT2D eigenvalue weighted by Crippen LogP contribution is -2.48. The lowest BCUT2D eigenvalue weighted by atomic mass is 9.58. The van der Waals surface area contributed by atoms with Crippen LogP contribution in [0.5, 0.6) is 0 Å². The van der Waals surface area contributed by atoms with Crippen molar-refractivity contribution in [1.82, 2.24) is 5.32 Å². The molecule has 2 heteroatoms. The minimum absolute atomic E-state index is 0.371. The molecule has 0 bridgehead atoms. The summed E-state index contributed by atoms with van der Waals surface area (Å²) in [5, 5.41) is 3.63. The Labute approximate surface area is 119 Å². The van der Waals surface area contributed by atoms with Gasteiger partial charge in [-0.3, -0.25) is 0 Å². The zero-order valence-electron chi connectivity index (χ0n) is 11.5. The molecular weight excluding hydrogens is 286 g/mol. The predicted octanol–water partition coefficient (Wildman–Crippen LogP) is 4.51. The van der Waals surface area contributed by atoms with Gasteiger partial charge in [0.25, 0.3) is 0 Å². The molecule has 0 aromatic heterocycles. The van der Waals surface area contributed by atoms with Gasteiger partial charge < -0.3 is 5.32 Å². The summed E-state index contributed by atoms with van der Waals surface area (Å²) in [6.45, 7) is 6.80. The van der Waals surface area contributed by atoms with E-state index in [2.05, 4.69) is 59.4 Å². The van der Waals surface area contributed by atoms with Gasteiger partial charge in [0.1, 0.15) is 0 Å². The largest absolute Gasteiger partial charge is 0.316 e. The third-order valence-electron chi connectivity index (χ3n) is 4.27. The highest BCUT2D eigenvalue weighted by Crippen LogP contribution is 2.50. The predicted molar refractivity (Wildman–Crippen MR) is 82.0 cm³/mol. The van der Waals surface area contributed by atoms with E-state index in [4.69, 9.17) is 0 Å². The molecule has 0 radical (unpaired) electrons. The third-order valence-corrected chi connectivity index (χ3v) is 4.96. The molecule has 100 valence electrons. The quantitative estimate of drug-likeness (QED) is 0.763. The highest BCUT2D eigenvalue weighted by atomic mass is 79.9. The molecule has 1 saturated carbocycles. The van der Waals surface area contributed by atoms with Crippen LogP contribution in [-0.4, -0.2) is 13.1 Å². The van der Waals surface area contributed by atoms with Crippen molar-refractivity contribution in [3.05, 3.63) is 34.3 Å². The van der Waals surface area contributed by atoms with Crippen molar-refractivity contribution in [3.8, 4) is 0 Å².